The van der Waals surface area contributed by atoms with Crippen LogP contribution in [0, 0.1) is 6.92 Å². The van der Waals surface area contributed by atoms with Gasteiger partial charge in [-0.25, -0.2) is 4.98 Å². The molecule has 0 unspecified atom stereocenters. The van der Waals surface area contributed by atoms with Gasteiger partial charge in [0.1, 0.15) is 11.2 Å². The van der Waals surface area contributed by atoms with Crippen molar-refractivity contribution >= 4 is 56.2 Å². The summed E-state index contributed by atoms with van der Waals surface area (Å²) in [7, 11) is 0. The van der Waals surface area contributed by atoms with Crippen molar-refractivity contribution in [2.24, 2.45) is 0 Å². The molecule has 6 rings (SSSR count). The minimum Gasteiger partial charge on any atom is -0.456 e. The zero-order valence-electron chi connectivity index (χ0n) is 17.0. The molecule has 31 heavy (non-hydrogen) atoms. The molecule has 0 N–H and O–H groups in total. The summed E-state index contributed by atoms with van der Waals surface area (Å²) in [5.74, 6) is 0.878. The van der Waals surface area contributed by atoms with Gasteiger partial charge < -0.3 is 13.9 Å². The lowest BCUT2D eigenvalue weighted by molar-refractivity contribution is 0.669. The minimum atomic E-state index is 0.537. The van der Waals surface area contributed by atoms with Crippen LogP contribution in [0.2, 0.25) is 0 Å². The SMILES string of the molecule is Cc1cccc2oc3ccc(N4C/C(Cl)=C\C=C/Cn5c4nc4ccccc45)cc3c12. The molecule has 0 aliphatic carbocycles. The Morgan fingerprint density at radius 2 is 1.90 bits per heavy atom. The fourth-order valence-electron chi connectivity index (χ4n) is 4.43. The van der Waals surface area contributed by atoms with Crippen LogP contribution in [0.5, 0.6) is 0 Å². The quantitative estimate of drug-likeness (QED) is 0.288. The lowest BCUT2D eigenvalue weighted by Gasteiger charge is -2.24. The Balaban J connectivity index is 1.60. The molecule has 0 saturated heterocycles. The normalized spacial score (nSPS) is 17.2. The van der Waals surface area contributed by atoms with Gasteiger partial charge in [0.2, 0.25) is 5.95 Å². The number of imidazole rings is 1. The van der Waals surface area contributed by atoms with Gasteiger partial charge >= 0.3 is 0 Å². The molecule has 5 aromatic rings. The summed E-state index contributed by atoms with van der Waals surface area (Å²) in [6.07, 6.45) is 6.08. The van der Waals surface area contributed by atoms with E-state index in [-0.39, 0.29) is 0 Å². The van der Waals surface area contributed by atoms with Crippen molar-refractivity contribution in [1.29, 1.82) is 0 Å². The number of hydrogen-bond donors (Lipinski definition) is 0. The lowest BCUT2D eigenvalue weighted by Crippen LogP contribution is -2.22. The van der Waals surface area contributed by atoms with Crippen LogP contribution in [-0.4, -0.2) is 16.1 Å². The third-order valence-electron chi connectivity index (χ3n) is 5.88. The Labute approximate surface area is 184 Å². The zero-order valence-corrected chi connectivity index (χ0v) is 17.8. The van der Waals surface area contributed by atoms with E-state index < -0.39 is 0 Å². The fraction of sp³-hybridized carbons (Fsp3) is 0.115. The van der Waals surface area contributed by atoms with Gasteiger partial charge in [-0.3, -0.25) is 0 Å². The Kier molecular flexibility index (Phi) is 4.15. The molecule has 0 fully saturated rings. The Hall–Kier alpha value is -3.50. The topological polar surface area (TPSA) is 34.2 Å². The van der Waals surface area contributed by atoms with E-state index in [1.165, 1.54) is 5.56 Å². The van der Waals surface area contributed by atoms with E-state index in [0.29, 0.717) is 6.54 Å². The van der Waals surface area contributed by atoms with Crippen molar-refractivity contribution in [3.63, 3.8) is 0 Å². The van der Waals surface area contributed by atoms with E-state index in [2.05, 4.69) is 58.9 Å². The molecule has 5 heteroatoms. The van der Waals surface area contributed by atoms with Gasteiger partial charge in [0.15, 0.2) is 0 Å². The highest BCUT2D eigenvalue weighted by Crippen LogP contribution is 2.37. The molecule has 1 aliphatic heterocycles. The van der Waals surface area contributed by atoms with Crippen molar-refractivity contribution in [3.05, 3.63) is 89.5 Å². The van der Waals surface area contributed by atoms with E-state index >= 15 is 0 Å². The zero-order chi connectivity index (χ0) is 20.9. The molecule has 3 aromatic carbocycles. The van der Waals surface area contributed by atoms with E-state index in [9.17, 15) is 0 Å². The molecule has 3 heterocycles. The maximum Gasteiger partial charge on any atom is 0.211 e. The van der Waals surface area contributed by atoms with Crippen molar-refractivity contribution in [2.45, 2.75) is 13.5 Å². The summed E-state index contributed by atoms with van der Waals surface area (Å²) in [4.78, 5) is 7.17. The lowest BCUT2D eigenvalue weighted by atomic mass is 10.1. The summed E-state index contributed by atoms with van der Waals surface area (Å²) in [5.41, 5.74) is 6.11. The third kappa shape index (κ3) is 2.94. The first-order chi connectivity index (χ1) is 15.2. The highest BCUT2D eigenvalue weighted by molar-refractivity contribution is 6.30. The molecule has 0 spiro atoms. The summed E-state index contributed by atoms with van der Waals surface area (Å²) < 4.78 is 8.33. The van der Waals surface area contributed by atoms with Gasteiger partial charge in [0.25, 0.3) is 0 Å². The number of para-hydroxylation sites is 2. The number of rotatable bonds is 1. The second-order valence-corrected chi connectivity index (χ2v) is 8.36. The van der Waals surface area contributed by atoms with E-state index in [1.807, 2.05) is 36.4 Å². The minimum absolute atomic E-state index is 0.537. The Bertz CT molecular complexity index is 1520. The number of allylic oxidation sites excluding steroid dienone is 3. The number of hydrogen-bond acceptors (Lipinski definition) is 3. The van der Waals surface area contributed by atoms with Crippen LogP contribution in [-0.2, 0) is 6.54 Å². The second kappa shape index (κ2) is 7.03. The molecule has 0 saturated carbocycles. The summed E-state index contributed by atoms with van der Waals surface area (Å²) in [6.45, 7) is 3.38. The number of anilines is 2. The number of aromatic nitrogens is 2. The van der Waals surface area contributed by atoms with Crippen molar-refractivity contribution in [1.82, 2.24) is 9.55 Å². The van der Waals surface area contributed by atoms with Crippen molar-refractivity contribution in [2.75, 3.05) is 11.4 Å². The first kappa shape index (κ1) is 18.3. The molecule has 0 bridgehead atoms. The molecule has 1 aliphatic rings. The van der Waals surface area contributed by atoms with Crippen LogP contribution < -0.4 is 4.90 Å². The van der Waals surface area contributed by atoms with Gasteiger partial charge in [-0.2, -0.15) is 0 Å². The van der Waals surface area contributed by atoms with Gasteiger partial charge in [0, 0.05) is 28.0 Å². The van der Waals surface area contributed by atoms with E-state index in [1.54, 1.807) is 0 Å². The van der Waals surface area contributed by atoms with Crippen LogP contribution in [0.3, 0.4) is 0 Å². The first-order valence-electron chi connectivity index (χ1n) is 10.3. The van der Waals surface area contributed by atoms with Crippen LogP contribution >= 0.6 is 11.6 Å². The molecule has 0 amide bonds. The number of halogens is 1. The molecule has 2 aromatic heterocycles. The van der Waals surface area contributed by atoms with Crippen LogP contribution in [0.25, 0.3) is 33.0 Å². The van der Waals surface area contributed by atoms with Crippen LogP contribution in [0.1, 0.15) is 5.56 Å². The van der Waals surface area contributed by atoms with Gasteiger partial charge in [-0.1, -0.05) is 48.0 Å². The van der Waals surface area contributed by atoms with E-state index in [4.69, 9.17) is 21.0 Å². The number of benzene rings is 3. The van der Waals surface area contributed by atoms with Crippen molar-refractivity contribution in [3.8, 4) is 0 Å². The number of nitrogens with zero attached hydrogens (tertiary/aromatic N) is 3. The number of furan rings is 1. The second-order valence-electron chi connectivity index (χ2n) is 7.87. The monoisotopic (exact) mass is 425 g/mol. The number of aryl methyl sites for hydroxylation is 1. The largest absolute Gasteiger partial charge is 0.456 e. The predicted molar refractivity (Wildman–Crippen MR) is 128 cm³/mol. The molecule has 0 radical (unpaired) electrons. The maximum absolute atomic E-state index is 6.61. The smallest absolute Gasteiger partial charge is 0.211 e. The average molecular weight is 426 g/mol. The third-order valence-corrected chi connectivity index (χ3v) is 6.13. The summed E-state index contributed by atoms with van der Waals surface area (Å²) >= 11 is 6.61. The summed E-state index contributed by atoms with van der Waals surface area (Å²) in [5, 5.41) is 3.01. The Morgan fingerprint density at radius 3 is 2.84 bits per heavy atom. The van der Waals surface area contributed by atoms with Gasteiger partial charge in [-0.05, 0) is 55.0 Å². The van der Waals surface area contributed by atoms with E-state index in [0.717, 1.165) is 56.2 Å². The molecular weight excluding hydrogens is 406 g/mol. The first-order valence-corrected chi connectivity index (χ1v) is 10.7. The maximum atomic E-state index is 6.61. The predicted octanol–water partition coefficient (Wildman–Crippen LogP) is 7.07. The molecule has 152 valence electrons. The highest BCUT2D eigenvalue weighted by atomic mass is 35.5. The average Bonchev–Trinajstić information content (AvgIpc) is 3.34. The molecule has 0 atom stereocenters. The van der Waals surface area contributed by atoms with Crippen LogP contribution in [0.15, 0.2) is 88.3 Å². The number of fused-ring (bicyclic) bond motifs is 6. The standard InChI is InChI=1S/C26H20ClN3O/c1-17-7-6-11-24-25(17)20-15-19(12-13-23(20)31-24)30-16-18(27)8-4-5-14-29-22-10-3-2-9-21(22)28-26(29)30/h2-13,15H,14,16H2,1H3/b5-4-,18-8+. The Morgan fingerprint density at radius 1 is 1.00 bits per heavy atom. The summed E-state index contributed by atoms with van der Waals surface area (Å²) in [6, 6.07) is 20.7. The fourth-order valence-corrected chi connectivity index (χ4v) is 4.62. The molecular formula is C26H20ClN3O. The highest BCUT2D eigenvalue weighted by Gasteiger charge is 2.21. The molecule has 4 nitrogen and oxygen atoms in total. The van der Waals surface area contributed by atoms with Crippen molar-refractivity contribution < 1.29 is 4.42 Å². The van der Waals surface area contributed by atoms with Crippen LogP contribution in [0.4, 0.5) is 11.6 Å². The van der Waals surface area contributed by atoms with Gasteiger partial charge in [0.05, 0.1) is 17.6 Å². The van der Waals surface area contributed by atoms with Gasteiger partial charge in [-0.15, -0.1) is 0 Å².